The van der Waals surface area contributed by atoms with Crippen molar-refractivity contribution in [2.75, 3.05) is 6.61 Å². The summed E-state index contributed by atoms with van der Waals surface area (Å²) in [4.78, 5) is 12.1. The first kappa shape index (κ1) is 21.9. The van der Waals surface area contributed by atoms with E-state index < -0.39 is 0 Å². The van der Waals surface area contributed by atoms with Crippen LogP contribution >= 0.6 is 0 Å². The molecule has 2 fully saturated rings. The van der Waals surface area contributed by atoms with Crippen molar-refractivity contribution in [1.29, 1.82) is 0 Å². The van der Waals surface area contributed by atoms with Crippen LogP contribution in [0.3, 0.4) is 0 Å². The van der Waals surface area contributed by atoms with E-state index in [0.29, 0.717) is 28.9 Å². The monoisotopic (exact) mass is 394 g/mol. The van der Waals surface area contributed by atoms with Crippen LogP contribution in [0.1, 0.15) is 83.0 Å². The summed E-state index contributed by atoms with van der Waals surface area (Å²) in [5.41, 5.74) is 4.21. The van der Waals surface area contributed by atoms with Crippen LogP contribution in [0.25, 0.3) is 0 Å². The SMILES string of the molecule is C=C1CC[C@H]2C(C)(C)CCC[C@]2(C)[C@H]1CC/C(C)=C/COC(=O)c1ccccc1. The third kappa shape index (κ3) is 4.85. The van der Waals surface area contributed by atoms with Crippen molar-refractivity contribution < 1.29 is 9.53 Å². The van der Waals surface area contributed by atoms with E-state index in [1.54, 1.807) is 12.1 Å². The van der Waals surface area contributed by atoms with Crippen molar-refractivity contribution in [3.8, 4) is 0 Å². The fourth-order valence-electron chi connectivity index (χ4n) is 6.20. The van der Waals surface area contributed by atoms with Gasteiger partial charge in [-0.3, -0.25) is 0 Å². The molecule has 2 nitrogen and oxygen atoms in total. The summed E-state index contributed by atoms with van der Waals surface area (Å²) in [6.45, 7) is 14.5. The second-order valence-electron chi connectivity index (χ2n) is 10.2. The van der Waals surface area contributed by atoms with Gasteiger partial charge < -0.3 is 4.74 Å². The summed E-state index contributed by atoms with van der Waals surface area (Å²) in [6, 6.07) is 9.19. The normalized spacial score (nSPS) is 29.2. The van der Waals surface area contributed by atoms with Crippen molar-refractivity contribution in [1.82, 2.24) is 0 Å². The van der Waals surface area contributed by atoms with Gasteiger partial charge in [0, 0.05) is 0 Å². The molecule has 1 aromatic rings. The zero-order valence-corrected chi connectivity index (χ0v) is 18.8. The lowest BCUT2D eigenvalue weighted by Gasteiger charge is -2.58. The first-order chi connectivity index (χ1) is 13.7. The topological polar surface area (TPSA) is 26.3 Å². The summed E-state index contributed by atoms with van der Waals surface area (Å²) in [5, 5.41) is 0. The Bertz CT molecular complexity index is 758. The number of rotatable bonds is 6. The highest BCUT2D eigenvalue weighted by Crippen LogP contribution is 2.61. The molecular formula is C27H38O2. The molecule has 0 saturated heterocycles. The minimum absolute atomic E-state index is 0.255. The molecule has 2 aliphatic rings. The standard InChI is InChI=1S/C27H38O2/c1-20(16-19-29-25(28)22-10-7-6-8-11-22)12-14-23-21(2)13-15-24-26(3,4)17-9-18-27(23,24)5/h6-8,10-11,16,23-24H,2,9,12-15,17-19H2,1,3-5H3/b20-16+/t23-,24-,27+/m0/s1. The molecular weight excluding hydrogens is 356 g/mol. The van der Waals surface area contributed by atoms with Crippen LogP contribution in [0.4, 0.5) is 0 Å². The Hall–Kier alpha value is -1.83. The molecule has 0 aliphatic heterocycles. The maximum absolute atomic E-state index is 12.1. The second-order valence-corrected chi connectivity index (χ2v) is 10.2. The molecule has 29 heavy (non-hydrogen) atoms. The molecule has 0 aromatic heterocycles. The lowest BCUT2D eigenvalue weighted by molar-refractivity contribution is -0.0539. The molecule has 0 amide bonds. The second kappa shape index (κ2) is 8.90. The molecule has 0 unspecified atom stereocenters. The predicted octanol–water partition coefficient (Wildman–Crippen LogP) is 7.37. The van der Waals surface area contributed by atoms with Gasteiger partial charge in [0.05, 0.1) is 5.56 Å². The van der Waals surface area contributed by atoms with Crippen molar-refractivity contribution in [3.63, 3.8) is 0 Å². The largest absolute Gasteiger partial charge is 0.458 e. The summed E-state index contributed by atoms with van der Waals surface area (Å²) < 4.78 is 5.41. The zero-order chi connectivity index (χ0) is 21.1. The van der Waals surface area contributed by atoms with Gasteiger partial charge in [0.25, 0.3) is 0 Å². The van der Waals surface area contributed by atoms with Crippen LogP contribution in [-0.4, -0.2) is 12.6 Å². The van der Waals surface area contributed by atoms with E-state index >= 15 is 0 Å². The molecule has 0 heterocycles. The van der Waals surface area contributed by atoms with Gasteiger partial charge in [-0.2, -0.15) is 0 Å². The summed E-state index contributed by atoms with van der Waals surface area (Å²) in [7, 11) is 0. The average molecular weight is 395 g/mol. The maximum atomic E-state index is 12.1. The fraction of sp³-hybridized carbons (Fsp3) is 0.593. The van der Waals surface area contributed by atoms with Gasteiger partial charge in [-0.05, 0) is 86.3 Å². The number of ether oxygens (including phenoxy) is 1. The Morgan fingerprint density at radius 3 is 2.66 bits per heavy atom. The first-order valence-electron chi connectivity index (χ1n) is 11.3. The Labute approximate surface area is 177 Å². The number of carbonyl (C=O) groups is 1. The minimum Gasteiger partial charge on any atom is -0.458 e. The Kier molecular flexibility index (Phi) is 6.71. The van der Waals surface area contributed by atoms with Crippen molar-refractivity contribution in [2.45, 2.75) is 72.6 Å². The van der Waals surface area contributed by atoms with Gasteiger partial charge in [-0.25, -0.2) is 4.79 Å². The van der Waals surface area contributed by atoms with Gasteiger partial charge in [0.2, 0.25) is 0 Å². The van der Waals surface area contributed by atoms with Crippen LogP contribution < -0.4 is 0 Å². The molecule has 0 spiro atoms. The van der Waals surface area contributed by atoms with E-state index in [4.69, 9.17) is 4.74 Å². The summed E-state index contributed by atoms with van der Waals surface area (Å²) >= 11 is 0. The van der Waals surface area contributed by atoms with E-state index in [-0.39, 0.29) is 5.97 Å². The molecule has 0 N–H and O–H groups in total. The molecule has 2 aliphatic carbocycles. The third-order valence-corrected chi connectivity index (χ3v) is 7.80. The number of carbonyl (C=O) groups excluding carboxylic acids is 1. The Morgan fingerprint density at radius 2 is 1.93 bits per heavy atom. The lowest BCUT2D eigenvalue weighted by atomic mass is 9.47. The lowest BCUT2D eigenvalue weighted by Crippen LogP contribution is -2.49. The van der Waals surface area contributed by atoms with E-state index in [1.165, 1.54) is 43.3 Å². The van der Waals surface area contributed by atoms with Crippen molar-refractivity contribution >= 4 is 5.97 Å². The highest BCUT2D eigenvalue weighted by Gasteiger charge is 2.52. The molecule has 0 bridgehead atoms. The molecule has 0 radical (unpaired) electrons. The number of esters is 1. The predicted molar refractivity (Wildman–Crippen MR) is 121 cm³/mol. The van der Waals surface area contributed by atoms with Crippen molar-refractivity contribution in [3.05, 3.63) is 59.7 Å². The van der Waals surface area contributed by atoms with Gasteiger partial charge in [-0.15, -0.1) is 0 Å². The van der Waals surface area contributed by atoms with Crippen LogP contribution in [0.2, 0.25) is 0 Å². The van der Waals surface area contributed by atoms with E-state index in [2.05, 4.69) is 40.3 Å². The number of benzene rings is 1. The zero-order valence-electron chi connectivity index (χ0n) is 18.8. The summed E-state index contributed by atoms with van der Waals surface area (Å²) in [5.74, 6) is 1.15. The van der Waals surface area contributed by atoms with Gasteiger partial charge >= 0.3 is 5.97 Å². The fourth-order valence-corrected chi connectivity index (χ4v) is 6.20. The number of hydrogen-bond donors (Lipinski definition) is 0. The third-order valence-electron chi connectivity index (χ3n) is 7.80. The van der Waals surface area contributed by atoms with Crippen LogP contribution in [0.15, 0.2) is 54.1 Å². The Balaban J connectivity index is 1.57. The average Bonchev–Trinajstić information content (AvgIpc) is 2.67. The highest BCUT2D eigenvalue weighted by atomic mass is 16.5. The van der Waals surface area contributed by atoms with Crippen LogP contribution in [0, 0.1) is 22.7 Å². The van der Waals surface area contributed by atoms with Gasteiger partial charge in [-0.1, -0.05) is 63.1 Å². The Morgan fingerprint density at radius 1 is 1.21 bits per heavy atom. The van der Waals surface area contributed by atoms with Crippen LogP contribution in [0.5, 0.6) is 0 Å². The van der Waals surface area contributed by atoms with Crippen molar-refractivity contribution in [2.24, 2.45) is 22.7 Å². The number of hydrogen-bond acceptors (Lipinski definition) is 2. The quantitative estimate of drug-likeness (QED) is 0.372. The van der Waals surface area contributed by atoms with E-state index in [1.807, 2.05) is 18.2 Å². The maximum Gasteiger partial charge on any atom is 0.338 e. The van der Waals surface area contributed by atoms with Gasteiger partial charge in [0.1, 0.15) is 6.61 Å². The minimum atomic E-state index is -0.255. The smallest absolute Gasteiger partial charge is 0.338 e. The molecule has 1 aromatic carbocycles. The summed E-state index contributed by atoms with van der Waals surface area (Å²) in [6.07, 6.45) is 10.8. The molecule has 2 saturated carbocycles. The molecule has 2 heteroatoms. The van der Waals surface area contributed by atoms with E-state index in [9.17, 15) is 4.79 Å². The highest BCUT2D eigenvalue weighted by molar-refractivity contribution is 5.89. The molecule has 158 valence electrons. The van der Waals surface area contributed by atoms with Gasteiger partial charge in [0.15, 0.2) is 0 Å². The molecule has 3 rings (SSSR count). The van der Waals surface area contributed by atoms with E-state index in [0.717, 1.165) is 18.8 Å². The van der Waals surface area contributed by atoms with Crippen LogP contribution in [-0.2, 0) is 4.74 Å². The number of allylic oxidation sites excluding steroid dienone is 2. The first-order valence-corrected chi connectivity index (χ1v) is 11.3. The number of fused-ring (bicyclic) bond motifs is 1. The molecule has 3 atom stereocenters.